The molecule has 0 amide bonds. The fourth-order valence-corrected chi connectivity index (χ4v) is 4.84. The number of aliphatic hydroxyl groups excluding tert-OH is 1. The molecular formula is C16H23NO3S. The maximum Gasteiger partial charge on any atom is 0.243 e. The molecule has 0 spiro atoms. The van der Waals surface area contributed by atoms with Gasteiger partial charge in [0.1, 0.15) is 0 Å². The zero-order chi connectivity index (χ0) is 15.4. The lowest BCUT2D eigenvalue weighted by atomic mass is 9.74. The number of fused-ring (bicyclic) bond motifs is 1. The lowest BCUT2D eigenvalue weighted by molar-refractivity contribution is -0.00416. The van der Waals surface area contributed by atoms with E-state index in [1.807, 2.05) is 12.1 Å². The van der Waals surface area contributed by atoms with E-state index in [1.54, 1.807) is 12.1 Å². The van der Waals surface area contributed by atoms with Crippen molar-refractivity contribution in [2.45, 2.75) is 43.6 Å². The zero-order valence-electron chi connectivity index (χ0n) is 12.8. The Kier molecular flexibility index (Phi) is 3.43. The standard InChI is InChI=1S/C16H23NO3S/c1-16(2,3)12-4-6-13(7-5-12)21(19,20)17-9-11-8-15(18)14(11)10-17/h4-7,11,14-15,18H,8-10H2,1-3H3/t11-,14+,15-/m1/s1. The molecule has 1 N–H and O–H groups in total. The van der Waals surface area contributed by atoms with Gasteiger partial charge in [0.05, 0.1) is 11.0 Å². The van der Waals surface area contributed by atoms with Crippen molar-refractivity contribution in [3.05, 3.63) is 29.8 Å². The fourth-order valence-electron chi connectivity index (χ4n) is 3.30. The average Bonchev–Trinajstić information content (AvgIpc) is 2.76. The molecule has 2 fully saturated rings. The first kappa shape index (κ1) is 15.0. The summed E-state index contributed by atoms with van der Waals surface area (Å²) in [6.45, 7) is 7.32. The summed E-state index contributed by atoms with van der Waals surface area (Å²) < 4.78 is 26.9. The van der Waals surface area contributed by atoms with Gasteiger partial charge >= 0.3 is 0 Å². The Bertz CT molecular complexity index is 630. The monoisotopic (exact) mass is 309 g/mol. The molecule has 1 aliphatic heterocycles. The topological polar surface area (TPSA) is 57.6 Å². The normalized spacial score (nSPS) is 30.0. The van der Waals surface area contributed by atoms with E-state index in [4.69, 9.17) is 0 Å². The van der Waals surface area contributed by atoms with Gasteiger partial charge in [0, 0.05) is 19.0 Å². The van der Waals surface area contributed by atoms with Crippen LogP contribution < -0.4 is 0 Å². The minimum atomic E-state index is -3.43. The van der Waals surface area contributed by atoms with Gasteiger partial charge in [0.25, 0.3) is 0 Å². The highest BCUT2D eigenvalue weighted by Crippen LogP contribution is 2.42. The first-order chi connectivity index (χ1) is 9.69. The van der Waals surface area contributed by atoms with E-state index in [0.29, 0.717) is 23.9 Å². The molecule has 1 aliphatic carbocycles. The van der Waals surface area contributed by atoms with Crippen LogP contribution in [0.2, 0.25) is 0 Å². The molecule has 1 saturated carbocycles. The number of hydrogen-bond donors (Lipinski definition) is 1. The average molecular weight is 309 g/mol. The SMILES string of the molecule is CC(C)(C)c1ccc(S(=O)(=O)N2C[C@H]3C[C@@H](O)[C@H]3C2)cc1. The van der Waals surface area contributed by atoms with Crippen LogP contribution in [0.25, 0.3) is 0 Å². The molecule has 1 aromatic rings. The van der Waals surface area contributed by atoms with E-state index >= 15 is 0 Å². The Morgan fingerprint density at radius 2 is 1.76 bits per heavy atom. The molecule has 1 heterocycles. The van der Waals surface area contributed by atoms with Gasteiger partial charge in [-0.25, -0.2) is 8.42 Å². The van der Waals surface area contributed by atoms with E-state index in [-0.39, 0.29) is 17.4 Å². The van der Waals surface area contributed by atoms with E-state index < -0.39 is 10.0 Å². The van der Waals surface area contributed by atoms with E-state index in [1.165, 1.54) is 4.31 Å². The third-order valence-corrected chi connectivity index (χ3v) is 6.70. The predicted molar refractivity (Wildman–Crippen MR) is 81.5 cm³/mol. The van der Waals surface area contributed by atoms with Gasteiger partial charge in [-0.15, -0.1) is 0 Å². The first-order valence-corrected chi connectivity index (χ1v) is 8.92. The molecule has 5 heteroatoms. The van der Waals surface area contributed by atoms with Crippen LogP contribution in [0.3, 0.4) is 0 Å². The molecule has 2 aliphatic rings. The molecule has 0 unspecified atom stereocenters. The van der Waals surface area contributed by atoms with Crippen LogP contribution in [-0.4, -0.2) is 37.0 Å². The second-order valence-electron chi connectivity index (χ2n) is 7.32. The highest BCUT2D eigenvalue weighted by Gasteiger charge is 2.49. The van der Waals surface area contributed by atoms with Crippen molar-refractivity contribution < 1.29 is 13.5 Å². The summed E-state index contributed by atoms with van der Waals surface area (Å²) in [6.07, 6.45) is 0.415. The van der Waals surface area contributed by atoms with Gasteiger partial charge in [-0.1, -0.05) is 32.9 Å². The van der Waals surface area contributed by atoms with Crippen molar-refractivity contribution in [1.82, 2.24) is 4.31 Å². The van der Waals surface area contributed by atoms with E-state index in [0.717, 1.165) is 12.0 Å². The molecule has 21 heavy (non-hydrogen) atoms. The van der Waals surface area contributed by atoms with Crippen molar-refractivity contribution in [2.75, 3.05) is 13.1 Å². The van der Waals surface area contributed by atoms with E-state index in [9.17, 15) is 13.5 Å². The van der Waals surface area contributed by atoms with Crippen molar-refractivity contribution >= 4 is 10.0 Å². The molecule has 1 aromatic carbocycles. The summed E-state index contributed by atoms with van der Waals surface area (Å²) in [5.41, 5.74) is 1.14. The minimum Gasteiger partial charge on any atom is -0.393 e. The summed E-state index contributed by atoms with van der Waals surface area (Å²) in [6, 6.07) is 7.19. The quantitative estimate of drug-likeness (QED) is 0.909. The third-order valence-electron chi connectivity index (χ3n) is 4.85. The Labute approximate surface area is 126 Å². The molecule has 3 rings (SSSR count). The smallest absolute Gasteiger partial charge is 0.243 e. The number of sulfonamides is 1. The minimum absolute atomic E-state index is 0.0130. The van der Waals surface area contributed by atoms with Crippen molar-refractivity contribution in [1.29, 1.82) is 0 Å². The van der Waals surface area contributed by atoms with Gasteiger partial charge < -0.3 is 5.11 Å². The molecular weight excluding hydrogens is 286 g/mol. The van der Waals surface area contributed by atoms with Gasteiger partial charge in [-0.2, -0.15) is 4.31 Å². The van der Waals surface area contributed by atoms with Crippen molar-refractivity contribution in [2.24, 2.45) is 11.8 Å². The van der Waals surface area contributed by atoms with Gasteiger partial charge in [-0.3, -0.25) is 0 Å². The van der Waals surface area contributed by atoms with Gasteiger partial charge in [0.2, 0.25) is 10.0 Å². The van der Waals surface area contributed by atoms with Crippen molar-refractivity contribution in [3.63, 3.8) is 0 Å². The van der Waals surface area contributed by atoms with Gasteiger partial charge in [0.15, 0.2) is 0 Å². The Morgan fingerprint density at radius 3 is 2.24 bits per heavy atom. The second kappa shape index (κ2) is 4.80. The largest absolute Gasteiger partial charge is 0.393 e. The summed E-state index contributed by atoms with van der Waals surface area (Å²) in [7, 11) is -3.43. The lowest BCUT2D eigenvalue weighted by Gasteiger charge is -2.34. The summed E-state index contributed by atoms with van der Waals surface area (Å²) >= 11 is 0. The number of rotatable bonds is 2. The lowest BCUT2D eigenvalue weighted by Crippen LogP contribution is -2.39. The van der Waals surface area contributed by atoms with Crippen LogP contribution in [0, 0.1) is 11.8 Å². The second-order valence-corrected chi connectivity index (χ2v) is 9.26. The molecule has 3 atom stereocenters. The molecule has 1 saturated heterocycles. The molecule has 0 bridgehead atoms. The zero-order valence-corrected chi connectivity index (χ0v) is 13.6. The van der Waals surface area contributed by atoms with Crippen LogP contribution in [0.4, 0.5) is 0 Å². The molecule has 4 nitrogen and oxygen atoms in total. The molecule has 0 aromatic heterocycles. The number of nitrogens with zero attached hydrogens (tertiary/aromatic N) is 1. The highest BCUT2D eigenvalue weighted by atomic mass is 32.2. The van der Waals surface area contributed by atoms with E-state index in [2.05, 4.69) is 20.8 Å². The molecule has 0 radical (unpaired) electrons. The summed E-state index contributed by atoms with van der Waals surface area (Å²) in [4.78, 5) is 0.353. The maximum atomic E-state index is 12.7. The first-order valence-electron chi connectivity index (χ1n) is 7.48. The highest BCUT2D eigenvalue weighted by molar-refractivity contribution is 7.89. The summed E-state index contributed by atoms with van der Waals surface area (Å²) in [5, 5.41) is 9.68. The maximum absolute atomic E-state index is 12.7. The van der Waals surface area contributed by atoms with Crippen LogP contribution in [0.1, 0.15) is 32.8 Å². The number of hydrogen-bond acceptors (Lipinski definition) is 3. The number of benzene rings is 1. The predicted octanol–water partition coefficient (Wildman–Crippen LogP) is 1.99. The van der Waals surface area contributed by atoms with Crippen LogP contribution >= 0.6 is 0 Å². The number of aliphatic hydroxyl groups is 1. The Hall–Kier alpha value is -0.910. The third kappa shape index (κ3) is 2.51. The van der Waals surface area contributed by atoms with Crippen LogP contribution in [0.5, 0.6) is 0 Å². The Balaban J connectivity index is 1.82. The summed E-state index contributed by atoms with van der Waals surface area (Å²) in [5.74, 6) is 0.470. The van der Waals surface area contributed by atoms with Crippen molar-refractivity contribution in [3.8, 4) is 0 Å². The van der Waals surface area contributed by atoms with Crippen LogP contribution in [-0.2, 0) is 15.4 Å². The Morgan fingerprint density at radius 1 is 1.14 bits per heavy atom. The van der Waals surface area contributed by atoms with Gasteiger partial charge in [-0.05, 0) is 35.4 Å². The fraction of sp³-hybridized carbons (Fsp3) is 0.625. The van der Waals surface area contributed by atoms with Crippen LogP contribution in [0.15, 0.2) is 29.2 Å². The molecule has 116 valence electrons.